The molecule has 1 aromatic heterocycles. The minimum Gasteiger partial charge on any atom is -0.380 e. The smallest absolute Gasteiger partial charge is 0.146 e. The van der Waals surface area contributed by atoms with Crippen LogP contribution in [-0.2, 0) is 4.74 Å². The number of ether oxygens (including phenoxy) is 1. The van der Waals surface area contributed by atoms with Gasteiger partial charge in [0.15, 0.2) is 0 Å². The monoisotopic (exact) mass is 302 g/mol. The number of hydrogen-bond donors (Lipinski definition) is 2. The van der Waals surface area contributed by atoms with Crippen molar-refractivity contribution in [3.8, 4) is 0 Å². The number of rotatable bonds is 7. The van der Waals surface area contributed by atoms with E-state index in [1.165, 1.54) is 0 Å². The van der Waals surface area contributed by atoms with Crippen molar-refractivity contribution >= 4 is 27.6 Å². The molecule has 2 N–H and O–H groups in total. The number of hydrogen-bond acceptors (Lipinski definition) is 5. The Bertz CT molecular complexity index is 348. The molecule has 0 spiro atoms. The molecule has 0 aliphatic rings. The molecule has 0 aliphatic carbocycles. The molecule has 1 rings (SSSR count). The Morgan fingerprint density at radius 1 is 1.35 bits per heavy atom. The Morgan fingerprint density at radius 3 is 2.71 bits per heavy atom. The maximum Gasteiger partial charge on any atom is 0.146 e. The highest BCUT2D eigenvalue weighted by Gasteiger charge is 2.10. The van der Waals surface area contributed by atoms with E-state index in [0.29, 0.717) is 6.61 Å². The number of aromatic nitrogens is 2. The van der Waals surface area contributed by atoms with Crippen molar-refractivity contribution in [3.05, 3.63) is 10.8 Å². The Kier molecular flexibility index (Phi) is 6.21. The topological polar surface area (TPSA) is 59.1 Å². The second kappa shape index (κ2) is 7.45. The fourth-order valence-corrected chi connectivity index (χ4v) is 1.79. The third-order valence-electron chi connectivity index (χ3n) is 2.09. The van der Waals surface area contributed by atoms with Crippen LogP contribution in [0.1, 0.15) is 20.8 Å². The molecule has 0 aliphatic heterocycles. The molecule has 1 unspecified atom stereocenters. The predicted molar refractivity (Wildman–Crippen MR) is 73.5 cm³/mol. The van der Waals surface area contributed by atoms with E-state index in [9.17, 15) is 0 Å². The van der Waals surface area contributed by atoms with Crippen molar-refractivity contribution in [2.24, 2.45) is 0 Å². The SMILES string of the molecule is CCNc1ncnc(NC(C)COCC)c1Br. The lowest BCUT2D eigenvalue weighted by molar-refractivity contribution is 0.141. The summed E-state index contributed by atoms with van der Waals surface area (Å²) in [5, 5.41) is 6.44. The van der Waals surface area contributed by atoms with Gasteiger partial charge < -0.3 is 15.4 Å². The lowest BCUT2D eigenvalue weighted by atomic mass is 10.3. The third kappa shape index (κ3) is 4.47. The van der Waals surface area contributed by atoms with E-state index >= 15 is 0 Å². The highest BCUT2D eigenvalue weighted by atomic mass is 79.9. The van der Waals surface area contributed by atoms with Gasteiger partial charge in [-0.3, -0.25) is 0 Å². The molecule has 96 valence electrons. The summed E-state index contributed by atoms with van der Waals surface area (Å²) in [6, 6.07) is 0.204. The Balaban J connectivity index is 2.67. The maximum absolute atomic E-state index is 5.35. The van der Waals surface area contributed by atoms with E-state index in [4.69, 9.17) is 4.74 Å². The Hall–Kier alpha value is -0.880. The maximum atomic E-state index is 5.35. The first-order chi connectivity index (χ1) is 8.19. The van der Waals surface area contributed by atoms with Crippen LogP contribution < -0.4 is 10.6 Å². The first kappa shape index (κ1) is 14.2. The van der Waals surface area contributed by atoms with Gasteiger partial charge in [0.25, 0.3) is 0 Å². The van der Waals surface area contributed by atoms with Gasteiger partial charge in [0, 0.05) is 19.2 Å². The van der Waals surface area contributed by atoms with Crippen molar-refractivity contribution in [2.45, 2.75) is 26.8 Å². The first-order valence-corrected chi connectivity index (χ1v) is 6.56. The first-order valence-electron chi connectivity index (χ1n) is 5.77. The zero-order chi connectivity index (χ0) is 12.7. The molecule has 1 aromatic rings. The van der Waals surface area contributed by atoms with Crippen LogP contribution in [0.3, 0.4) is 0 Å². The highest BCUT2D eigenvalue weighted by molar-refractivity contribution is 9.10. The quantitative estimate of drug-likeness (QED) is 0.810. The lowest BCUT2D eigenvalue weighted by Gasteiger charge is -2.16. The largest absolute Gasteiger partial charge is 0.380 e. The molecule has 0 saturated carbocycles. The molecular weight excluding hydrogens is 284 g/mol. The number of nitrogens with one attached hydrogen (secondary N) is 2. The fourth-order valence-electron chi connectivity index (χ4n) is 1.33. The van der Waals surface area contributed by atoms with Crippen molar-refractivity contribution < 1.29 is 4.74 Å². The summed E-state index contributed by atoms with van der Waals surface area (Å²) < 4.78 is 6.20. The summed E-state index contributed by atoms with van der Waals surface area (Å²) in [4.78, 5) is 8.36. The van der Waals surface area contributed by atoms with Gasteiger partial charge in [-0.15, -0.1) is 0 Å². The zero-order valence-electron chi connectivity index (χ0n) is 10.5. The lowest BCUT2D eigenvalue weighted by Crippen LogP contribution is -2.22. The molecule has 6 heteroatoms. The molecule has 1 atom stereocenters. The van der Waals surface area contributed by atoms with E-state index in [1.54, 1.807) is 6.33 Å². The van der Waals surface area contributed by atoms with Gasteiger partial charge in [-0.1, -0.05) is 0 Å². The molecule has 0 saturated heterocycles. The van der Waals surface area contributed by atoms with Gasteiger partial charge in [-0.2, -0.15) is 0 Å². The highest BCUT2D eigenvalue weighted by Crippen LogP contribution is 2.26. The molecule has 0 aromatic carbocycles. The average Bonchev–Trinajstić information content (AvgIpc) is 2.32. The van der Waals surface area contributed by atoms with Crippen LogP contribution in [0, 0.1) is 0 Å². The summed E-state index contributed by atoms with van der Waals surface area (Å²) in [6.07, 6.45) is 1.54. The normalized spacial score (nSPS) is 12.2. The van der Waals surface area contributed by atoms with Gasteiger partial charge in [0.2, 0.25) is 0 Å². The van der Waals surface area contributed by atoms with E-state index in [1.807, 2.05) is 13.8 Å². The molecule has 0 bridgehead atoms. The summed E-state index contributed by atoms with van der Waals surface area (Å²) in [7, 11) is 0. The molecule has 0 amide bonds. The summed E-state index contributed by atoms with van der Waals surface area (Å²) >= 11 is 3.49. The van der Waals surface area contributed by atoms with Gasteiger partial charge in [0.05, 0.1) is 6.61 Å². The third-order valence-corrected chi connectivity index (χ3v) is 2.84. The van der Waals surface area contributed by atoms with Crippen molar-refractivity contribution in [1.29, 1.82) is 0 Å². The van der Waals surface area contributed by atoms with Crippen LogP contribution in [0.2, 0.25) is 0 Å². The van der Waals surface area contributed by atoms with Crippen molar-refractivity contribution in [1.82, 2.24) is 9.97 Å². The van der Waals surface area contributed by atoms with Gasteiger partial charge >= 0.3 is 0 Å². The van der Waals surface area contributed by atoms with E-state index < -0.39 is 0 Å². The van der Waals surface area contributed by atoms with Gasteiger partial charge in [-0.25, -0.2) is 9.97 Å². The predicted octanol–water partition coefficient (Wildman–Crippen LogP) is 2.51. The molecular formula is C11H19BrN4O. The van der Waals surface area contributed by atoms with Crippen molar-refractivity contribution in [3.63, 3.8) is 0 Å². The Morgan fingerprint density at radius 2 is 2.06 bits per heavy atom. The molecule has 1 heterocycles. The summed E-state index contributed by atoms with van der Waals surface area (Å²) in [6.45, 7) is 8.26. The van der Waals surface area contributed by atoms with Crippen LogP contribution in [0.4, 0.5) is 11.6 Å². The Labute approximate surface area is 111 Å². The molecule has 17 heavy (non-hydrogen) atoms. The number of halogens is 1. The summed E-state index contributed by atoms with van der Waals surface area (Å²) in [5.41, 5.74) is 0. The second-order valence-corrected chi connectivity index (χ2v) is 4.41. The van der Waals surface area contributed by atoms with Crippen LogP contribution in [-0.4, -0.2) is 35.8 Å². The molecule has 0 radical (unpaired) electrons. The number of nitrogens with zero attached hydrogens (tertiary/aromatic N) is 2. The van der Waals surface area contributed by atoms with Gasteiger partial charge in [-0.05, 0) is 36.7 Å². The van der Waals surface area contributed by atoms with E-state index in [-0.39, 0.29) is 6.04 Å². The fraction of sp³-hybridized carbons (Fsp3) is 0.636. The van der Waals surface area contributed by atoms with Crippen LogP contribution in [0.25, 0.3) is 0 Å². The van der Waals surface area contributed by atoms with Crippen molar-refractivity contribution in [2.75, 3.05) is 30.4 Å². The summed E-state index contributed by atoms with van der Waals surface area (Å²) in [5.74, 6) is 1.58. The average molecular weight is 303 g/mol. The minimum absolute atomic E-state index is 0.204. The number of anilines is 2. The standard InChI is InChI=1S/C11H19BrN4O/c1-4-13-10-9(12)11(15-7-14-10)16-8(3)6-17-5-2/h7-8H,4-6H2,1-3H3,(H2,13,14,15,16). The van der Waals surface area contributed by atoms with E-state index in [2.05, 4.69) is 43.5 Å². The van der Waals surface area contributed by atoms with Gasteiger partial charge in [0.1, 0.15) is 22.4 Å². The van der Waals surface area contributed by atoms with E-state index in [0.717, 1.165) is 29.3 Å². The minimum atomic E-state index is 0.204. The van der Waals surface area contributed by atoms with Crippen LogP contribution in [0.15, 0.2) is 10.8 Å². The second-order valence-electron chi connectivity index (χ2n) is 3.62. The molecule has 5 nitrogen and oxygen atoms in total. The molecule has 0 fully saturated rings. The van der Waals surface area contributed by atoms with Crippen LogP contribution >= 0.6 is 15.9 Å². The zero-order valence-corrected chi connectivity index (χ0v) is 12.0. The van der Waals surface area contributed by atoms with Crippen LogP contribution in [0.5, 0.6) is 0 Å².